The van der Waals surface area contributed by atoms with Crippen LogP contribution in [-0.4, -0.2) is 61.4 Å². The molecule has 0 spiro atoms. The van der Waals surface area contributed by atoms with Gasteiger partial charge in [0.25, 0.3) is 10.1 Å². The van der Waals surface area contributed by atoms with Gasteiger partial charge in [-0.25, -0.2) is 4.79 Å². The number of aromatic nitrogens is 1. The lowest BCUT2D eigenvalue weighted by molar-refractivity contribution is 0.155. The first-order valence-corrected chi connectivity index (χ1v) is 14.0. The van der Waals surface area contributed by atoms with Crippen LogP contribution in [-0.2, 0) is 27.3 Å². The van der Waals surface area contributed by atoms with Crippen molar-refractivity contribution in [1.29, 1.82) is 0 Å². The summed E-state index contributed by atoms with van der Waals surface area (Å²) in [6.45, 7) is 1.83. The SMILES string of the molecule is CS(=O)(=O)OCc1cc2nccc(-c3cc(Cl)cc4c3N([C@H]3CCN(C(=O)O)C3)CCC4)c2s1. The molecule has 1 N–H and O–H groups in total. The maximum absolute atomic E-state index is 11.5. The Labute approximate surface area is 206 Å². The first-order valence-electron chi connectivity index (χ1n) is 11.0. The van der Waals surface area contributed by atoms with Gasteiger partial charge in [-0.3, -0.25) is 9.17 Å². The molecule has 1 amide bonds. The number of nitrogens with zero attached hydrogens (tertiary/aromatic N) is 3. The fraction of sp³-hybridized carbons (Fsp3) is 0.391. The molecule has 180 valence electrons. The Bertz CT molecular complexity index is 1370. The second-order valence-electron chi connectivity index (χ2n) is 8.68. The Morgan fingerprint density at radius 3 is 2.85 bits per heavy atom. The van der Waals surface area contributed by atoms with Crippen LogP contribution >= 0.6 is 22.9 Å². The highest BCUT2D eigenvalue weighted by atomic mass is 35.5. The van der Waals surface area contributed by atoms with E-state index < -0.39 is 16.2 Å². The zero-order chi connectivity index (χ0) is 24.0. The van der Waals surface area contributed by atoms with Gasteiger partial charge >= 0.3 is 6.09 Å². The van der Waals surface area contributed by atoms with Crippen LogP contribution in [0.1, 0.15) is 23.3 Å². The third-order valence-electron chi connectivity index (χ3n) is 6.33. The number of halogens is 1. The number of hydrogen-bond donors (Lipinski definition) is 1. The molecule has 34 heavy (non-hydrogen) atoms. The molecule has 0 radical (unpaired) electrons. The zero-order valence-corrected chi connectivity index (χ0v) is 20.9. The third-order valence-corrected chi connectivity index (χ3v) is 8.22. The molecule has 0 unspecified atom stereocenters. The second kappa shape index (κ2) is 8.99. The van der Waals surface area contributed by atoms with Crippen LogP contribution in [0.4, 0.5) is 10.5 Å². The predicted octanol–water partition coefficient (Wildman–Crippen LogP) is 4.60. The van der Waals surface area contributed by atoms with Crippen molar-refractivity contribution in [3.63, 3.8) is 0 Å². The molecule has 1 aromatic carbocycles. The van der Waals surface area contributed by atoms with Gasteiger partial charge in [-0.05, 0) is 49.1 Å². The summed E-state index contributed by atoms with van der Waals surface area (Å²) in [7, 11) is -3.55. The molecule has 2 aliphatic rings. The van der Waals surface area contributed by atoms with Crippen molar-refractivity contribution in [2.24, 2.45) is 0 Å². The van der Waals surface area contributed by atoms with Crippen LogP contribution in [0.5, 0.6) is 0 Å². The molecule has 0 bridgehead atoms. The summed E-state index contributed by atoms with van der Waals surface area (Å²) in [6.07, 6.45) is 4.56. The fourth-order valence-corrected chi connectivity index (χ4v) is 6.62. The molecule has 3 aromatic rings. The fourth-order valence-electron chi connectivity index (χ4n) is 4.91. The number of amides is 1. The highest BCUT2D eigenvalue weighted by Gasteiger charge is 2.34. The zero-order valence-electron chi connectivity index (χ0n) is 18.5. The summed E-state index contributed by atoms with van der Waals surface area (Å²) < 4.78 is 28.8. The Hall–Kier alpha value is -2.40. The smallest absolute Gasteiger partial charge is 0.407 e. The van der Waals surface area contributed by atoms with E-state index in [1.54, 1.807) is 6.20 Å². The highest BCUT2D eigenvalue weighted by Crippen LogP contribution is 2.45. The molecule has 5 rings (SSSR count). The summed E-state index contributed by atoms with van der Waals surface area (Å²) in [5.41, 5.74) is 4.98. The number of benzene rings is 1. The van der Waals surface area contributed by atoms with Gasteiger partial charge in [0.1, 0.15) is 6.61 Å². The number of carboxylic acid groups (broad SMARTS) is 1. The summed E-state index contributed by atoms with van der Waals surface area (Å²) >= 11 is 8.01. The molecular weight excluding hydrogens is 498 g/mol. The molecule has 0 aliphatic carbocycles. The number of pyridine rings is 1. The Morgan fingerprint density at radius 2 is 2.12 bits per heavy atom. The van der Waals surface area contributed by atoms with Crippen LogP contribution in [0.2, 0.25) is 5.02 Å². The second-order valence-corrected chi connectivity index (χ2v) is 11.9. The van der Waals surface area contributed by atoms with E-state index in [-0.39, 0.29) is 12.6 Å². The molecule has 1 atom stereocenters. The number of aryl methyl sites for hydroxylation is 1. The van der Waals surface area contributed by atoms with Gasteiger partial charge in [-0.15, -0.1) is 11.3 Å². The van der Waals surface area contributed by atoms with E-state index >= 15 is 0 Å². The largest absolute Gasteiger partial charge is 0.465 e. The van der Waals surface area contributed by atoms with Crippen LogP contribution in [0.3, 0.4) is 0 Å². The van der Waals surface area contributed by atoms with Crippen molar-refractivity contribution < 1.29 is 22.5 Å². The summed E-state index contributed by atoms with van der Waals surface area (Å²) in [4.78, 5) is 20.6. The van der Waals surface area contributed by atoms with E-state index in [0.29, 0.717) is 18.1 Å². The van der Waals surface area contributed by atoms with Gasteiger partial charge in [0.05, 0.1) is 16.5 Å². The Morgan fingerprint density at radius 1 is 1.29 bits per heavy atom. The van der Waals surface area contributed by atoms with Crippen molar-refractivity contribution in [1.82, 2.24) is 9.88 Å². The molecule has 4 heterocycles. The minimum Gasteiger partial charge on any atom is -0.465 e. The van der Waals surface area contributed by atoms with Crippen LogP contribution in [0.25, 0.3) is 21.3 Å². The quantitative estimate of drug-likeness (QED) is 0.490. The first kappa shape index (κ1) is 23.3. The van der Waals surface area contributed by atoms with Crippen LogP contribution in [0, 0.1) is 0 Å². The third kappa shape index (κ3) is 4.59. The van der Waals surface area contributed by atoms with E-state index in [4.69, 9.17) is 15.8 Å². The van der Waals surface area contributed by atoms with Crippen molar-refractivity contribution >= 4 is 55.1 Å². The molecular formula is C23H24ClN3O5S2. The normalized spacial score (nSPS) is 18.5. The minimum absolute atomic E-state index is 0.0355. The van der Waals surface area contributed by atoms with E-state index in [9.17, 15) is 18.3 Å². The van der Waals surface area contributed by atoms with Crippen LogP contribution < -0.4 is 4.90 Å². The van der Waals surface area contributed by atoms with Crippen molar-refractivity contribution in [3.05, 3.63) is 45.9 Å². The van der Waals surface area contributed by atoms with Gasteiger partial charge in [-0.2, -0.15) is 8.42 Å². The average molecular weight is 522 g/mol. The molecule has 8 nitrogen and oxygen atoms in total. The molecule has 11 heteroatoms. The van der Waals surface area contributed by atoms with Gasteiger partial charge in [0, 0.05) is 58.6 Å². The lowest BCUT2D eigenvalue weighted by Gasteiger charge is -2.38. The van der Waals surface area contributed by atoms with E-state index in [1.165, 1.54) is 16.2 Å². The molecule has 2 aromatic heterocycles. The maximum Gasteiger partial charge on any atom is 0.407 e. The molecule has 1 saturated heterocycles. The van der Waals surface area contributed by atoms with E-state index in [0.717, 1.165) is 69.5 Å². The van der Waals surface area contributed by atoms with E-state index in [2.05, 4.69) is 9.88 Å². The number of hydrogen-bond acceptors (Lipinski definition) is 7. The highest BCUT2D eigenvalue weighted by molar-refractivity contribution is 7.85. The summed E-state index contributed by atoms with van der Waals surface area (Å²) in [6, 6.07) is 7.88. The van der Waals surface area contributed by atoms with Crippen LogP contribution in [0.15, 0.2) is 30.5 Å². The molecule has 0 saturated carbocycles. The lowest BCUT2D eigenvalue weighted by atomic mass is 9.92. The number of anilines is 1. The van der Waals surface area contributed by atoms with Gasteiger partial charge in [0.2, 0.25) is 0 Å². The summed E-state index contributed by atoms with van der Waals surface area (Å²) in [5, 5.41) is 10.1. The number of rotatable bonds is 5. The van der Waals surface area contributed by atoms with Crippen molar-refractivity contribution in [2.45, 2.75) is 31.9 Å². The maximum atomic E-state index is 11.5. The predicted molar refractivity (Wildman–Crippen MR) is 133 cm³/mol. The monoisotopic (exact) mass is 521 g/mol. The molecule has 1 fully saturated rings. The number of carbonyl (C=O) groups is 1. The van der Waals surface area contributed by atoms with E-state index in [1.807, 2.05) is 24.3 Å². The van der Waals surface area contributed by atoms with Crippen molar-refractivity contribution in [2.75, 3.05) is 30.8 Å². The summed E-state index contributed by atoms with van der Waals surface area (Å²) in [5.74, 6) is 0. The topological polar surface area (TPSA) is 100 Å². The minimum atomic E-state index is -3.55. The van der Waals surface area contributed by atoms with Gasteiger partial charge < -0.3 is 14.9 Å². The lowest BCUT2D eigenvalue weighted by Crippen LogP contribution is -2.41. The van der Waals surface area contributed by atoms with Gasteiger partial charge in [0.15, 0.2) is 0 Å². The number of fused-ring (bicyclic) bond motifs is 2. The molecule has 2 aliphatic heterocycles. The van der Waals surface area contributed by atoms with Crippen molar-refractivity contribution in [3.8, 4) is 11.1 Å². The average Bonchev–Trinajstić information content (AvgIpc) is 3.43. The number of likely N-dealkylation sites (tertiary alicyclic amines) is 1. The van der Waals surface area contributed by atoms with Gasteiger partial charge in [-0.1, -0.05) is 11.6 Å². The number of thiophene rings is 1. The Balaban J connectivity index is 1.59. The Kier molecular flexibility index (Phi) is 6.18. The first-order chi connectivity index (χ1) is 16.2. The standard InChI is InChI=1S/C23H24ClN3O5S2/c1-34(30,31)32-13-17-11-20-22(33-17)18(4-6-25-20)19-10-15(24)9-14-3-2-7-27(21(14)19)16-5-8-26(12-16)23(28)29/h4,6,9-11,16H,2-3,5,7-8,12-13H2,1H3,(H,28,29)/t16-/m0/s1.